The number of hydrogen-bond donors (Lipinski definition) is 1. The van der Waals surface area contributed by atoms with Crippen molar-refractivity contribution >= 4 is 6.03 Å². The molecule has 1 unspecified atom stereocenters. The Hall–Kier alpha value is -3.25. The quantitative estimate of drug-likeness (QED) is 0.627. The number of aromatic nitrogens is 1. The molecule has 156 valence electrons. The zero-order valence-corrected chi connectivity index (χ0v) is 17.4. The molecular weight excluding hydrogens is 378 g/mol. The van der Waals surface area contributed by atoms with Crippen molar-refractivity contribution in [2.75, 3.05) is 27.4 Å². The summed E-state index contributed by atoms with van der Waals surface area (Å²) in [6, 6.07) is 20.0. The van der Waals surface area contributed by atoms with Crippen LogP contribution in [0.1, 0.15) is 29.3 Å². The lowest BCUT2D eigenvalue weighted by Gasteiger charge is -2.31. The minimum absolute atomic E-state index is 0.0867. The number of nitrogens with zero attached hydrogens (tertiary/aromatic N) is 2. The maximum atomic E-state index is 13.3. The summed E-state index contributed by atoms with van der Waals surface area (Å²) in [6.07, 6.45) is 2.83. The molecule has 0 spiro atoms. The van der Waals surface area contributed by atoms with Gasteiger partial charge >= 0.3 is 6.03 Å². The standard InChI is InChI=1S/C24H27N3O3/c1-29-16-6-14-25-24(28)27-17-19-7-3-4-8-21(19)26-15-5-9-22(26)23(27)18-10-12-20(30-2)13-11-18/h3-5,7-13,15,23H,6,14,16-17H2,1-2H3,(H,25,28). The van der Waals surface area contributed by atoms with E-state index in [0.717, 1.165) is 34.7 Å². The van der Waals surface area contributed by atoms with Crippen LogP contribution in [0.25, 0.3) is 5.69 Å². The Bertz CT molecular complexity index is 997. The van der Waals surface area contributed by atoms with Gasteiger partial charge in [-0.1, -0.05) is 30.3 Å². The highest BCUT2D eigenvalue weighted by molar-refractivity contribution is 5.76. The molecule has 6 nitrogen and oxygen atoms in total. The van der Waals surface area contributed by atoms with E-state index in [1.54, 1.807) is 14.2 Å². The Labute approximate surface area is 177 Å². The predicted molar refractivity (Wildman–Crippen MR) is 116 cm³/mol. The first-order valence-corrected chi connectivity index (χ1v) is 10.2. The molecule has 4 rings (SSSR count). The van der Waals surface area contributed by atoms with Gasteiger partial charge in [-0.2, -0.15) is 0 Å². The first-order chi connectivity index (χ1) is 14.7. The van der Waals surface area contributed by atoms with Crippen molar-refractivity contribution in [3.63, 3.8) is 0 Å². The van der Waals surface area contributed by atoms with Crippen LogP contribution in [0.5, 0.6) is 5.75 Å². The molecule has 1 atom stereocenters. The van der Waals surface area contributed by atoms with Gasteiger partial charge in [-0.25, -0.2) is 4.79 Å². The number of amides is 2. The number of hydrogen-bond acceptors (Lipinski definition) is 3. The molecule has 0 saturated heterocycles. The largest absolute Gasteiger partial charge is 0.497 e. The smallest absolute Gasteiger partial charge is 0.318 e. The summed E-state index contributed by atoms with van der Waals surface area (Å²) in [4.78, 5) is 15.2. The second-order valence-electron chi connectivity index (χ2n) is 7.31. The fourth-order valence-corrected chi connectivity index (χ4v) is 3.99. The zero-order valence-electron chi connectivity index (χ0n) is 17.4. The third-order valence-electron chi connectivity index (χ3n) is 5.46. The zero-order chi connectivity index (χ0) is 20.9. The van der Waals surface area contributed by atoms with Crippen LogP contribution < -0.4 is 10.1 Å². The Morgan fingerprint density at radius 3 is 2.63 bits per heavy atom. The summed E-state index contributed by atoms with van der Waals surface area (Å²) in [6.45, 7) is 1.71. The molecule has 0 radical (unpaired) electrons. The van der Waals surface area contributed by atoms with Gasteiger partial charge in [0.25, 0.3) is 0 Å². The van der Waals surface area contributed by atoms with E-state index >= 15 is 0 Å². The van der Waals surface area contributed by atoms with E-state index < -0.39 is 0 Å². The van der Waals surface area contributed by atoms with Crippen LogP contribution in [0.3, 0.4) is 0 Å². The van der Waals surface area contributed by atoms with Gasteiger partial charge in [0.2, 0.25) is 0 Å². The topological polar surface area (TPSA) is 55.7 Å². The van der Waals surface area contributed by atoms with Crippen LogP contribution in [-0.2, 0) is 11.3 Å². The lowest BCUT2D eigenvalue weighted by atomic mass is 10.0. The highest BCUT2D eigenvalue weighted by atomic mass is 16.5. The third-order valence-corrected chi connectivity index (χ3v) is 5.46. The lowest BCUT2D eigenvalue weighted by Crippen LogP contribution is -2.42. The number of carbonyl (C=O) groups excluding carboxylic acids is 1. The maximum Gasteiger partial charge on any atom is 0.318 e. The highest BCUT2D eigenvalue weighted by Crippen LogP contribution is 2.37. The number of rotatable bonds is 6. The van der Waals surface area contributed by atoms with E-state index in [2.05, 4.69) is 34.3 Å². The molecule has 2 heterocycles. The van der Waals surface area contributed by atoms with Gasteiger partial charge in [0.15, 0.2) is 0 Å². The van der Waals surface area contributed by atoms with E-state index in [1.165, 1.54) is 0 Å². The number of fused-ring (bicyclic) bond motifs is 3. The van der Waals surface area contributed by atoms with Crippen molar-refractivity contribution in [1.82, 2.24) is 14.8 Å². The summed E-state index contributed by atoms with van der Waals surface area (Å²) < 4.78 is 12.6. The number of urea groups is 1. The molecule has 0 fully saturated rings. The monoisotopic (exact) mass is 405 g/mol. The average Bonchev–Trinajstić information content (AvgIpc) is 3.21. The summed E-state index contributed by atoms with van der Waals surface area (Å²) in [5.41, 5.74) is 4.30. The van der Waals surface area contributed by atoms with Crippen molar-refractivity contribution in [3.05, 3.63) is 83.7 Å². The van der Waals surface area contributed by atoms with Crippen molar-refractivity contribution in [2.45, 2.75) is 19.0 Å². The minimum atomic E-state index is -0.222. The van der Waals surface area contributed by atoms with Crippen LogP contribution in [0, 0.1) is 0 Å². The number of methoxy groups -OCH3 is 2. The van der Waals surface area contributed by atoms with Crippen LogP contribution in [-0.4, -0.2) is 42.9 Å². The molecule has 1 N–H and O–H groups in total. The fraction of sp³-hybridized carbons (Fsp3) is 0.292. The number of ether oxygens (including phenoxy) is 2. The number of benzene rings is 2. The van der Waals surface area contributed by atoms with Crippen LogP contribution in [0.15, 0.2) is 66.9 Å². The molecule has 0 saturated carbocycles. The van der Waals surface area contributed by atoms with Crippen LogP contribution >= 0.6 is 0 Å². The van der Waals surface area contributed by atoms with Gasteiger partial charge in [-0.05, 0) is 47.9 Å². The minimum Gasteiger partial charge on any atom is -0.497 e. The maximum absolute atomic E-state index is 13.3. The highest BCUT2D eigenvalue weighted by Gasteiger charge is 2.32. The number of para-hydroxylation sites is 1. The van der Waals surface area contributed by atoms with Crippen molar-refractivity contribution in [1.29, 1.82) is 0 Å². The van der Waals surface area contributed by atoms with Crippen molar-refractivity contribution in [2.24, 2.45) is 0 Å². The van der Waals surface area contributed by atoms with E-state index in [9.17, 15) is 4.79 Å². The van der Waals surface area contributed by atoms with Gasteiger partial charge in [0, 0.05) is 32.2 Å². The average molecular weight is 405 g/mol. The molecule has 2 amide bonds. The molecule has 30 heavy (non-hydrogen) atoms. The third kappa shape index (κ3) is 3.91. The Kier molecular flexibility index (Phi) is 6.05. The van der Waals surface area contributed by atoms with Gasteiger partial charge in [0.05, 0.1) is 25.4 Å². The van der Waals surface area contributed by atoms with E-state index in [0.29, 0.717) is 19.7 Å². The van der Waals surface area contributed by atoms with Gasteiger partial charge in [0.1, 0.15) is 5.75 Å². The molecular formula is C24H27N3O3. The molecule has 0 aliphatic carbocycles. The molecule has 3 aromatic rings. The van der Waals surface area contributed by atoms with Gasteiger partial charge < -0.3 is 24.3 Å². The molecule has 1 aliphatic heterocycles. The summed E-state index contributed by atoms with van der Waals surface area (Å²) in [5.74, 6) is 0.793. The van der Waals surface area contributed by atoms with Gasteiger partial charge in [-0.3, -0.25) is 0 Å². The van der Waals surface area contributed by atoms with Crippen molar-refractivity contribution in [3.8, 4) is 11.4 Å². The normalized spacial score (nSPS) is 15.1. The SMILES string of the molecule is COCCCNC(=O)N1Cc2ccccc2-n2cccc2C1c1ccc(OC)cc1. The molecule has 2 aromatic carbocycles. The van der Waals surface area contributed by atoms with E-state index in [4.69, 9.17) is 9.47 Å². The van der Waals surface area contributed by atoms with Gasteiger partial charge in [-0.15, -0.1) is 0 Å². The van der Waals surface area contributed by atoms with E-state index in [-0.39, 0.29) is 12.1 Å². The molecule has 1 aromatic heterocycles. The number of carbonyl (C=O) groups is 1. The van der Waals surface area contributed by atoms with Crippen molar-refractivity contribution < 1.29 is 14.3 Å². The second-order valence-corrected chi connectivity index (χ2v) is 7.31. The Balaban J connectivity index is 1.75. The molecule has 0 bridgehead atoms. The Morgan fingerprint density at radius 2 is 1.87 bits per heavy atom. The lowest BCUT2D eigenvalue weighted by molar-refractivity contribution is 0.174. The van der Waals surface area contributed by atoms with Crippen LogP contribution in [0.4, 0.5) is 4.79 Å². The summed E-state index contributed by atoms with van der Waals surface area (Å²) in [7, 11) is 3.32. The molecule has 6 heteroatoms. The fourth-order valence-electron chi connectivity index (χ4n) is 3.99. The van der Waals surface area contributed by atoms with Crippen LogP contribution in [0.2, 0.25) is 0 Å². The number of nitrogens with one attached hydrogen (secondary N) is 1. The first kappa shape index (κ1) is 20.0. The second kappa shape index (κ2) is 9.05. The predicted octanol–water partition coefficient (Wildman–Crippen LogP) is 4.14. The molecule has 1 aliphatic rings. The summed E-state index contributed by atoms with van der Waals surface area (Å²) in [5, 5.41) is 3.06. The Morgan fingerprint density at radius 1 is 1.07 bits per heavy atom. The summed E-state index contributed by atoms with van der Waals surface area (Å²) >= 11 is 0. The van der Waals surface area contributed by atoms with E-state index in [1.807, 2.05) is 47.4 Å². The first-order valence-electron chi connectivity index (χ1n) is 10.2.